The van der Waals surface area contributed by atoms with Crippen LogP contribution in [0.5, 0.6) is 0 Å². The molecule has 21 heavy (non-hydrogen) atoms. The molecular formula is C11H15N7O2S. The molecule has 0 unspecified atom stereocenters. The van der Waals surface area contributed by atoms with Gasteiger partial charge in [-0.25, -0.2) is 0 Å². The Kier molecular flexibility index (Phi) is 3.82. The molecule has 10 heteroatoms. The van der Waals surface area contributed by atoms with Gasteiger partial charge in [0.25, 0.3) is 0 Å². The van der Waals surface area contributed by atoms with E-state index in [0.29, 0.717) is 43.3 Å². The van der Waals surface area contributed by atoms with E-state index in [0.717, 1.165) is 0 Å². The minimum absolute atomic E-state index is 0.415. The number of aromatic nitrogens is 4. The highest BCUT2D eigenvalue weighted by Crippen LogP contribution is 2.20. The molecule has 3 rings (SSSR count). The molecule has 1 aliphatic rings. The summed E-state index contributed by atoms with van der Waals surface area (Å²) in [7, 11) is -3.54. The molecule has 0 saturated carbocycles. The van der Waals surface area contributed by atoms with Gasteiger partial charge in [-0.3, -0.25) is 4.72 Å². The zero-order valence-corrected chi connectivity index (χ0v) is 12.0. The fourth-order valence-electron chi connectivity index (χ4n) is 2.10. The van der Waals surface area contributed by atoms with E-state index in [2.05, 4.69) is 30.7 Å². The lowest BCUT2D eigenvalue weighted by Crippen LogP contribution is -2.48. The first-order valence-electron chi connectivity index (χ1n) is 6.48. The van der Waals surface area contributed by atoms with Crippen molar-refractivity contribution < 1.29 is 8.42 Å². The lowest BCUT2D eigenvalue weighted by atomic mass is 10.2. The van der Waals surface area contributed by atoms with Gasteiger partial charge in [-0.05, 0) is 17.3 Å². The monoisotopic (exact) mass is 309 g/mol. The second kappa shape index (κ2) is 5.76. The predicted octanol–water partition coefficient (Wildman–Crippen LogP) is -0.571. The minimum Gasteiger partial charge on any atom is -0.314 e. The lowest BCUT2D eigenvalue weighted by Gasteiger charge is -2.26. The molecule has 0 radical (unpaired) electrons. The quantitative estimate of drug-likeness (QED) is 0.696. The van der Waals surface area contributed by atoms with Crippen LogP contribution in [0.1, 0.15) is 0 Å². The average molecular weight is 309 g/mol. The topological polar surface area (TPSA) is 116 Å². The van der Waals surface area contributed by atoms with Crippen molar-refractivity contribution in [2.75, 3.05) is 30.9 Å². The van der Waals surface area contributed by atoms with Crippen LogP contribution in [0.3, 0.4) is 0 Å². The smallest absolute Gasteiger partial charge is 0.301 e. The van der Waals surface area contributed by atoms with Crippen LogP contribution < -0.4 is 10.0 Å². The molecule has 1 saturated heterocycles. The van der Waals surface area contributed by atoms with Crippen LogP contribution in [0.15, 0.2) is 24.3 Å². The molecule has 9 nitrogen and oxygen atoms in total. The van der Waals surface area contributed by atoms with E-state index in [9.17, 15) is 8.42 Å². The fraction of sp³-hybridized carbons (Fsp3) is 0.364. The molecule has 0 spiro atoms. The van der Waals surface area contributed by atoms with Crippen LogP contribution in [0.2, 0.25) is 0 Å². The number of H-pyrrole nitrogens is 1. The van der Waals surface area contributed by atoms with E-state index in [4.69, 9.17) is 0 Å². The van der Waals surface area contributed by atoms with Gasteiger partial charge in [0.1, 0.15) is 0 Å². The molecule has 0 amide bonds. The van der Waals surface area contributed by atoms with Crippen molar-refractivity contribution in [1.29, 1.82) is 0 Å². The second-order valence-electron chi connectivity index (χ2n) is 4.57. The molecule has 1 aliphatic heterocycles. The lowest BCUT2D eigenvalue weighted by molar-refractivity contribution is 0.362. The first kappa shape index (κ1) is 13.9. The Morgan fingerprint density at radius 2 is 2.05 bits per heavy atom. The number of hydrogen-bond acceptors (Lipinski definition) is 6. The van der Waals surface area contributed by atoms with Gasteiger partial charge in [0.15, 0.2) is 0 Å². The van der Waals surface area contributed by atoms with Crippen LogP contribution in [0.25, 0.3) is 11.4 Å². The maximum atomic E-state index is 12.3. The maximum Gasteiger partial charge on any atom is 0.301 e. The molecule has 112 valence electrons. The van der Waals surface area contributed by atoms with Crippen molar-refractivity contribution >= 4 is 15.9 Å². The van der Waals surface area contributed by atoms with E-state index in [-0.39, 0.29) is 0 Å². The first-order valence-corrected chi connectivity index (χ1v) is 7.92. The van der Waals surface area contributed by atoms with Crippen molar-refractivity contribution in [3.05, 3.63) is 24.3 Å². The third kappa shape index (κ3) is 3.17. The molecular weight excluding hydrogens is 294 g/mol. The molecule has 2 aromatic rings. The number of rotatable bonds is 4. The van der Waals surface area contributed by atoms with Crippen molar-refractivity contribution in [2.24, 2.45) is 0 Å². The van der Waals surface area contributed by atoms with Gasteiger partial charge in [0.2, 0.25) is 5.82 Å². The Bertz CT molecular complexity index is 695. The minimum atomic E-state index is -3.54. The standard InChI is InChI=1S/C11H15N7O2S/c19-21(20,18-6-4-12-5-7-18)15-10-3-1-2-9(8-10)11-13-16-17-14-11/h1-3,8,12,15H,4-7H2,(H,13,14,16,17). The summed E-state index contributed by atoms with van der Waals surface area (Å²) in [6.07, 6.45) is 0. The summed E-state index contributed by atoms with van der Waals surface area (Å²) in [6.45, 7) is 2.23. The predicted molar refractivity (Wildman–Crippen MR) is 76.6 cm³/mol. The first-order chi connectivity index (χ1) is 10.1. The number of anilines is 1. The number of tetrazole rings is 1. The van der Waals surface area contributed by atoms with E-state index in [1.54, 1.807) is 24.3 Å². The van der Waals surface area contributed by atoms with Crippen LogP contribution in [0.4, 0.5) is 5.69 Å². The SMILES string of the molecule is O=S(=O)(Nc1cccc(-c2nn[nH]n2)c1)N1CCNCC1. The summed E-state index contributed by atoms with van der Waals surface area (Å²) in [4.78, 5) is 0. The Labute approximate surface area is 121 Å². The highest BCUT2D eigenvalue weighted by molar-refractivity contribution is 7.90. The van der Waals surface area contributed by atoms with Gasteiger partial charge in [0.05, 0.1) is 5.69 Å². The molecule has 3 N–H and O–H groups in total. The number of nitrogens with zero attached hydrogens (tertiary/aromatic N) is 4. The summed E-state index contributed by atoms with van der Waals surface area (Å²) in [6, 6.07) is 6.88. The summed E-state index contributed by atoms with van der Waals surface area (Å²) in [5, 5.41) is 16.7. The van der Waals surface area contributed by atoms with Gasteiger partial charge < -0.3 is 5.32 Å². The van der Waals surface area contributed by atoms with Crippen LogP contribution in [-0.4, -0.2) is 59.5 Å². The zero-order valence-electron chi connectivity index (χ0n) is 11.2. The summed E-state index contributed by atoms with van der Waals surface area (Å²) < 4.78 is 28.6. The van der Waals surface area contributed by atoms with Crippen LogP contribution in [-0.2, 0) is 10.2 Å². The number of hydrogen-bond donors (Lipinski definition) is 3. The van der Waals surface area contributed by atoms with Gasteiger partial charge in [-0.15, -0.1) is 10.2 Å². The molecule has 1 aromatic heterocycles. The highest BCUT2D eigenvalue weighted by atomic mass is 32.2. The van der Waals surface area contributed by atoms with E-state index < -0.39 is 10.2 Å². The fourth-order valence-corrected chi connectivity index (χ4v) is 3.32. The van der Waals surface area contributed by atoms with Gasteiger partial charge in [0, 0.05) is 31.7 Å². The van der Waals surface area contributed by atoms with Gasteiger partial charge in [-0.1, -0.05) is 12.1 Å². The molecule has 0 aliphatic carbocycles. The second-order valence-corrected chi connectivity index (χ2v) is 6.24. The number of piperazine rings is 1. The molecule has 2 heterocycles. The molecule has 1 fully saturated rings. The van der Waals surface area contributed by atoms with E-state index in [1.807, 2.05) is 0 Å². The van der Waals surface area contributed by atoms with Crippen molar-refractivity contribution in [2.45, 2.75) is 0 Å². The Morgan fingerprint density at radius 1 is 1.24 bits per heavy atom. The van der Waals surface area contributed by atoms with E-state index in [1.165, 1.54) is 4.31 Å². The van der Waals surface area contributed by atoms with Crippen LogP contribution >= 0.6 is 0 Å². The Morgan fingerprint density at radius 3 is 2.76 bits per heavy atom. The third-order valence-electron chi connectivity index (χ3n) is 3.13. The van der Waals surface area contributed by atoms with Gasteiger partial charge in [-0.2, -0.15) is 17.9 Å². The highest BCUT2D eigenvalue weighted by Gasteiger charge is 2.23. The maximum absolute atomic E-state index is 12.3. The molecule has 0 atom stereocenters. The van der Waals surface area contributed by atoms with Gasteiger partial charge >= 0.3 is 10.2 Å². The van der Waals surface area contributed by atoms with Crippen molar-refractivity contribution in [3.8, 4) is 11.4 Å². The van der Waals surface area contributed by atoms with Crippen LogP contribution in [0, 0.1) is 0 Å². The number of aromatic amines is 1. The summed E-state index contributed by atoms with van der Waals surface area (Å²) in [5.74, 6) is 0.415. The number of nitrogens with one attached hydrogen (secondary N) is 3. The van der Waals surface area contributed by atoms with E-state index >= 15 is 0 Å². The Balaban J connectivity index is 1.80. The summed E-state index contributed by atoms with van der Waals surface area (Å²) in [5.41, 5.74) is 1.15. The van der Waals surface area contributed by atoms with Crippen molar-refractivity contribution in [3.63, 3.8) is 0 Å². The zero-order chi connectivity index (χ0) is 14.7. The normalized spacial score (nSPS) is 16.8. The van der Waals surface area contributed by atoms with Crippen molar-refractivity contribution in [1.82, 2.24) is 30.2 Å². The Hall–Kier alpha value is -2.04. The average Bonchev–Trinajstić information content (AvgIpc) is 3.02. The number of benzene rings is 1. The summed E-state index contributed by atoms with van der Waals surface area (Å²) >= 11 is 0. The molecule has 1 aromatic carbocycles. The molecule has 0 bridgehead atoms. The third-order valence-corrected chi connectivity index (χ3v) is 4.67. The largest absolute Gasteiger partial charge is 0.314 e.